The van der Waals surface area contributed by atoms with Crippen LogP contribution in [-0.2, 0) is 16.0 Å². The average molecular weight is 398 g/mol. The van der Waals surface area contributed by atoms with Gasteiger partial charge in [0.25, 0.3) is 5.56 Å². The van der Waals surface area contributed by atoms with Crippen LogP contribution in [0.1, 0.15) is 24.4 Å². The molecule has 2 aromatic heterocycles. The van der Waals surface area contributed by atoms with Crippen LogP contribution in [0.15, 0.2) is 76.1 Å². The Balaban J connectivity index is 1.41. The number of nitrogens with zero attached hydrogens (tertiary/aromatic N) is 1. The number of aromatic amines is 1. The first kappa shape index (κ1) is 18.1. The molecule has 0 aliphatic rings. The lowest BCUT2D eigenvalue weighted by atomic mass is 10.0. The molecule has 1 atom stereocenters. The van der Waals surface area contributed by atoms with Gasteiger partial charge in [0.1, 0.15) is 5.58 Å². The lowest BCUT2D eigenvalue weighted by Gasteiger charge is -2.13. The van der Waals surface area contributed by atoms with Crippen molar-refractivity contribution in [3.63, 3.8) is 0 Å². The highest BCUT2D eigenvalue weighted by atomic mass is 16.5. The summed E-state index contributed by atoms with van der Waals surface area (Å²) in [4.78, 5) is 32.0. The van der Waals surface area contributed by atoms with Gasteiger partial charge < -0.3 is 14.1 Å². The fraction of sp³-hybridized carbons (Fsp3) is 0.125. The minimum absolute atomic E-state index is 0.0587. The van der Waals surface area contributed by atoms with Crippen molar-refractivity contribution in [2.75, 3.05) is 0 Å². The quantitative estimate of drug-likeness (QED) is 0.445. The second kappa shape index (κ2) is 7.15. The number of fused-ring (bicyclic) bond motifs is 4. The second-order valence-electron chi connectivity index (χ2n) is 7.20. The van der Waals surface area contributed by atoms with Crippen LogP contribution in [0.3, 0.4) is 0 Å². The van der Waals surface area contributed by atoms with Crippen molar-refractivity contribution in [3.8, 4) is 0 Å². The van der Waals surface area contributed by atoms with E-state index in [1.807, 2.05) is 42.5 Å². The van der Waals surface area contributed by atoms with Gasteiger partial charge in [0.05, 0.1) is 23.6 Å². The van der Waals surface area contributed by atoms with Crippen molar-refractivity contribution in [2.45, 2.75) is 19.4 Å². The van der Waals surface area contributed by atoms with Crippen LogP contribution >= 0.6 is 0 Å². The van der Waals surface area contributed by atoms with Crippen molar-refractivity contribution in [1.29, 1.82) is 0 Å². The number of furan rings is 1. The summed E-state index contributed by atoms with van der Waals surface area (Å²) in [5, 5.41) is 3.51. The zero-order valence-electron chi connectivity index (χ0n) is 16.2. The summed E-state index contributed by atoms with van der Waals surface area (Å²) in [7, 11) is 0. The highest BCUT2D eigenvalue weighted by Crippen LogP contribution is 2.30. The van der Waals surface area contributed by atoms with Crippen LogP contribution in [0, 0.1) is 0 Å². The summed E-state index contributed by atoms with van der Waals surface area (Å²) in [5.74, 6) is -0.108. The molecule has 0 aliphatic carbocycles. The highest BCUT2D eigenvalue weighted by molar-refractivity contribution is 6.08. The van der Waals surface area contributed by atoms with Gasteiger partial charge in [-0.3, -0.25) is 9.59 Å². The van der Waals surface area contributed by atoms with E-state index >= 15 is 0 Å². The number of esters is 1. The molecule has 6 nitrogen and oxygen atoms in total. The van der Waals surface area contributed by atoms with E-state index < -0.39 is 12.1 Å². The monoisotopic (exact) mass is 398 g/mol. The van der Waals surface area contributed by atoms with E-state index in [-0.39, 0.29) is 12.0 Å². The number of carbonyl (C=O) groups is 1. The molecule has 6 heteroatoms. The molecule has 0 saturated carbocycles. The Kier molecular flexibility index (Phi) is 4.32. The maximum atomic E-state index is 12.6. The first-order valence-electron chi connectivity index (χ1n) is 9.66. The molecule has 0 bridgehead atoms. The molecule has 0 radical (unpaired) electrons. The van der Waals surface area contributed by atoms with Gasteiger partial charge in [-0.15, -0.1) is 0 Å². The third-order valence-corrected chi connectivity index (χ3v) is 5.20. The topological polar surface area (TPSA) is 85.2 Å². The van der Waals surface area contributed by atoms with Crippen LogP contribution < -0.4 is 5.56 Å². The largest absolute Gasteiger partial charge is 0.464 e. The SMILES string of the molecule is C[C@H](OC(=O)Cc1coc2ccc3ccccc3c12)c1nc2ccccc2c(=O)[nH]1. The number of nitrogens with one attached hydrogen (secondary N) is 1. The van der Waals surface area contributed by atoms with E-state index in [1.165, 1.54) is 0 Å². The second-order valence-corrected chi connectivity index (χ2v) is 7.20. The molecular formula is C24H18N2O4. The Bertz CT molecular complexity index is 1460. The van der Waals surface area contributed by atoms with Crippen LogP contribution in [0.25, 0.3) is 32.6 Å². The molecule has 2 heterocycles. The zero-order chi connectivity index (χ0) is 20.7. The van der Waals surface area contributed by atoms with Crippen molar-refractivity contribution >= 4 is 38.6 Å². The summed E-state index contributed by atoms with van der Waals surface area (Å²) in [5.41, 5.74) is 1.79. The number of ether oxygens (including phenoxy) is 1. The molecule has 3 aromatic carbocycles. The lowest BCUT2D eigenvalue weighted by Crippen LogP contribution is -2.18. The molecule has 0 aliphatic heterocycles. The number of rotatable bonds is 4. The number of aromatic nitrogens is 2. The van der Waals surface area contributed by atoms with Crippen LogP contribution in [-0.4, -0.2) is 15.9 Å². The van der Waals surface area contributed by atoms with Crippen molar-refractivity contribution in [1.82, 2.24) is 9.97 Å². The average Bonchev–Trinajstić information content (AvgIpc) is 3.16. The van der Waals surface area contributed by atoms with Crippen molar-refractivity contribution in [2.24, 2.45) is 0 Å². The molecule has 5 aromatic rings. The minimum atomic E-state index is -0.690. The van der Waals surface area contributed by atoms with Crippen LogP contribution in [0.2, 0.25) is 0 Å². The summed E-state index contributed by atoms with van der Waals surface area (Å²) >= 11 is 0. The Labute approximate surface area is 171 Å². The number of hydrogen-bond donors (Lipinski definition) is 1. The molecule has 30 heavy (non-hydrogen) atoms. The van der Waals surface area contributed by atoms with Gasteiger partial charge in [0.2, 0.25) is 0 Å². The number of carbonyl (C=O) groups excluding carboxylic acids is 1. The van der Waals surface area contributed by atoms with Gasteiger partial charge in [-0.05, 0) is 35.9 Å². The van der Waals surface area contributed by atoms with Crippen LogP contribution in [0.4, 0.5) is 0 Å². The smallest absolute Gasteiger partial charge is 0.311 e. The van der Waals surface area contributed by atoms with Gasteiger partial charge in [0.15, 0.2) is 11.9 Å². The Morgan fingerprint density at radius 2 is 1.83 bits per heavy atom. The standard InChI is InChI=1S/C24H18N2O4/c1-14(23-25-19-9-5-4-8-18(19)24(28)26-23)30-21(27)12-16-13-29-20-11-10-15-6-2-3-7-17(15)22(16)20/h2-11,13-14H,12H2,1H3,(H,25,26,28)/t14-/m0/s1. The predicted octanol–water partition coefficient (Wildman–Crippen LogP) is 4.67. The van der Waals surface area contributed by atoms with Crippen molar-refractivity contribution < 1.29 is 13.9 Å². The van der Waals surface area contributed by atoms with E-state index in [2.05, 4.69) is 9.97 Å². The molecule has 0 fully saturated rings. The molecule has 0 unspecified atom stereocenters. The molecule has 1 N–H and O–H groups in total. The van der Waals surface area contributed by atoms with Gasteiger partial charge in [-0.1, -0.05) is 42.5 Å². The highest BCUT2D eigenvalue weighted by Gasteiger charge is 2.18. The van der Waals surface area contributed by atoms with Crippen LogP contribution in [0.5, 0.6) is 0 Å². The maximum Gasteiger partial charge on any atom is 0.311 e. The van der Waals surface area contributed by atoms with E-state index in [0.717, 1.165) is 27.3 Å². The Morgan fingerprint density at radius 3 is 2.70 bits per heavy atom. The fourth-order valence-corrected chi connectivity index (χ4v) is 3.75. The van der Waals surface area contributed by atoms with Gasteiger partial charge in [0, 0.05) is 10.9 Å². The minimum Gasteiger partial charge on any atom is -0.464 e. The summed E-state index contributed by atoms with van der Waals surface area (Å²) < 4.78 is 11.2. The number of benzene rings is 3. The van der Waals surface area contributed by atoms with E-state index in [4.69, 9.17) is 9.15 Å². The fourth-order valence-electron chi connectivity index (χ4n) is 3.75. The van der Waals surface area contributed by atoms with E-state index in [0.29, 0.717) is 16.7 Å². The third kappa shape index (κ3) is 3.12. The number of H-pyrrole nitrogens is 1. The molecule has 0 saturated heterocycles. The summed E-state index contributed by atoms with van der Waals surface area (Å²) in [6.45, 7) is 1.69. The normalized spacial score (nSPS) is 12.4. The van der Waals surface area contributed by atoms with E-state index in [1.54, 1.807) is 31.4 Å². The van der Waals surface area contributed by atoms with Gasteiger partial charge >= 0.3 is 5.97 Å². The predicted molar refractivity (Wildman–Crippen MR) is 114 cm³/mol. The molecular weight excluding hydrogens is 380 g/mol. The third-order valence-electron chi connectivity index (χ3n) is 5.20. The summed E-state index contributed by atoms with van der Waals surface area (Å²) in [6, 6.07) is 18.9. The van der Waals surface area contributed by atoms with E-state index in [9.17, 15) is 9.59 Å². The van der Waals surface area contributed by atoms with Crippen molar-refractivity contribution in [3.05, 3.63) is 88.7 Å². The number of hydrogen-bond acceptors (Lipinski definition) is 5. The number of para-hydroxylation sites is 1. The maximum absolute atomic E-state index is 12.6. The van der Waals surface area contributed by atoms with Gasteiger partial charge in [-0.25, -0.2) is 4.98 Å². The Hall–Kier alpha value is -3.93. The molecule has 5 rings (SSSR count). The first-order valence-corrected chi connectivity index (χ1v) is 9.66. The first-order chi connectivity index (χ1) is 14.6. The Morgan fingerprint density at radius 1 is 1.07 bits per heavy atom. The lowest BCUT2D eigenvalue weighted by molar-refractivity contribution is -0.148. The molecule has 148 valence electrons. The summed E-state index contributed by atoms with van der Waals surface area (Å²) in [6.07, 6.45) is 0.965. The molecule has 0 spiro atoms. The zero-order valence-corrected chi connectivity index (χ0v) is 16.2. The molecule has 0 amide bonds. The van der Waals surface area contributed by atoms with Gasteiger partial charge in [-0.2, -0.15) is 0 Å².